The molecule has 0 saturated carbocycles. The number of nitrogens with two attached hydrogens (primary N) is 1. The Morgan fingerprint density at radius 3 is 2.50 bits per heavy atom. The summed E-state index contributed by atoms with van der Waals surface area (Å²) in [5.41, 5.74) is 7.16. The van der Waals surface area contributed by atoms with Gasteiger partial charge in [-0.25, -0.2) is 13.1 Å². The molecule has 6 nitrogen and oxygen atoms in total. The average Bonchev–Trinajstić information content (AvgIpc) is 3.13. The van der Waals surface area contributed by atoms with Gasteiger partial charge in [-0.3, -0.25) is 0 Å². The highest BCUT2D eigenvalue weighted by Crippen LogP contribution is 2.40. The summed E-state index contributed by atoms with van der Waals surface area (Å²) in [4.78, 5) is 11.9. The van der Waals surface area contributed by atoms with Crippen LogP contribution in [0.1, 0.15) is 25.0 Å². The van der Waals surface area contributed by atoms with Crippen LogP contribution in [0.5, 0.6) is 0 Å². The zero-order valence-corrected chi connectivity index (χ0v) is 17.4. The first kappa shape index (κ1) is 20.5. The molecule has 1 fully saturated rings. The van der Waals surface area contributed by atoms with Crippen molar-refractivity contribution >= 4 is 32.8 Å². The predicted octanol–water partition coefficient (Wildman–Crippen LogP) is 3.43. The molecule has 1 aliphatic rings. The van der Waals surface area contributed by atoms with Crippen molar-refractivity contribution in [2.45, 2.75) is 36.5 Å². The molecule has 4 atom stereocenters. The fourth-order valence-electron chi connectivity index (χ4n) is 4.13. The van der Waals surface area contributed by atoms with Crippen LogP contribution in [0.2, 0.25) is 0 Å². The zero-order chi connectivity index (χ0) is 21.3. The quantitative estimate of drug-likeness (QED) is 0.467. The van der Waals surface area contributed by atoms with E-state index in [0.717, 1.165) is 16.3 Å². The molecule has 7 heteroatoms. The molecule has 3 aromatic rings. The first-order valence-electron chi connectivity index (χ1n) is 9.85. The fourth-order valence-corrected chi connectivity index (χ4v) is 5.35. The van der Waals surface area contributed by atoms with Crippen molar-refractivity contribution in [1.29, 1.82) is 0 Å². The highest BCUT2D eigenvalue weighted by Gasteiger charge is 2.40. The first-order chi connectivity index (χ1) is 14.4. The number of benzene rings is 3. The van der Waals surface area contributed by atoms with E-state index in [4.69, 9.17) is 10.5 Å². The lowest BCUT2D eigenvalue weighted by Gasteiger charge is -2.21. The molecule has 1 aliphatic heterocycles. The maximum Gasteiger partial charge on any atom is 0.241 e. The highest BCUT2D eigenvalue weighted by molar-refractivity contribution is 7.89. The third kappa shape index (κ3) is 3.96. The molecule has 156 valence electrons. The van der Waals surface area contributed by atoms with Crippen LogP contribution >= 0.6 is 0 Å². The molecular formula is C23H24N2O4S. The van der Waals surface area contributed by atoms with Crippen molar-refractivity contribution in [2.24, 2.45) is 5.92 Å². The van der Waals surface area contributed by atoms with Crippen LogP contribution in [0.4, 0.5) is 5.69 Å². The van der Waals surface area contributed by atoms with E-state index >= 15 is 0 Å². The number of hydrogen-bond acceptors (Lipinski definition) is 5. The predicted molar refractivity (Wildman–Crippen MR) is 116 cm³/mol. The number of nitrogens with one attached hydrogen (secondary N) is 1. The molecule has 0 aromatic heterocycles. The minimum atomic E-state index is -3.86. The summed E-state index contributed by atoms with van der Waals surface area (Å²) >= 11 is 0. The van der Waals surface area contributed by atoms with E-state index in [1.165, 1.54) is 24.3 Å². The minimum Gasteiger partial charge on any atom is -0.399 e. The number of anilines is 1. The van der Waals surface area contributed by atoms with E-state index in [0.29, 0.717) is 18.4 Å². The molecule has 1 saturated heterocycles. The Morgan fingerprint density at radius 2 is 1.77 bits per heavy atom. The Morgan fingerprint density at radius 1 is 1.07 bits per heavy atom. The highest BCUT2D eigenvalue weighted by atomic mass is 32.2. The van der Waals surface area contributed by atoms with Crippen molar-refractivity contribution in [3.63, 3.8) is 0 Å². The third-order valence-electron chi connectivity index (χ3n) is 5.73. The van der Waals surface area contributed by atoms with E-state index < -0.39 is 16.1 Å². The molecule has 30 heavy (non-hydrogen) atoms. The summed E-state index contributed by atoms with van der Waals surface area (Å²) in [5, 5.41) is 2.22. The SMILES string of the molecule is C[C@@H]1OC(c2cccc3ccccc23)C[C@@H]1C(C=O)NS(=O)(=O)c1ccc(N)cc1. The molecule has 0 aliphatic carbocycles. The summed E-state index contributed by atoms with van der Waals surface area (Å²) in [6.07, 6.45) is 0.714. The summed E-state index contributed by atoms with van der Waals surface area (Å²) in [6, 6.07) is 19.1. The second-order valence-corrected chi connectivity index (χ2v) is 9.36. The number of hydrogen-bond donors (Lipinski definition) is 2. The Labute approximate surface area is 176 Å². The van der Waals surface area contributed by atoms with Gasteiger partial charge in [-0.05, 0) is 53.9 Å². The van der Waals surface area contributed by atoms with Gasteiger partial charge in [0.1, 0.15) is 6.29 Å². The average molecular weight is 425 g/mol. The molecule has 0 spiro atoms. The van der Waals surface area contributed by atoms with Gasteiger partial charge in [-0.2, -0.15) is 0 Å². The van der Waals surface area contributed by atoms with Crippen molar-refractivity contribution < 1.29 is 17.9 Å². The minimum absolute atomic E-state index is 0.0701. The summed E-state index contributed by atoms with van der Waals surface area (Å²) in [5.74, 6) is -0.282. The van der Waals surface area contributed by atoms with Gasteiger partial charge in [0.25, 0.3) is 0 Å². The molecule has 0 amide bonds. The van der Waals surface area contributed by atoms with Crippen LogP contribution < -0.4 is 10.5 Å². The van der Waals surface area contributed by atoms with Crippen LogP contribution in [-0.4, -0.2) is 26.8 Å². The molecule has 2 unspecified atom stereocenters. The van der Waals surface area contributed by atoms with Crippen molar-refractivity contribution in [3.05, 3.63) is 72.3 Å². The second kappa shape index (κ2) is 8.18. The smallest absolute Gasteiger partial charge is 0.241 e. The van der Waals surface area contributed by atoms with Gasteiger partial charge in [0.15, 0.2) is 0 Å². The summed E-state index contributed by atoms with van der Waals surface area (Å²) in [6.45, 7) is 1.88. The summed E-state index contributed by atoms with van der Waals surface area (Å²) in [7, 11) is -3.86. The number of ether oxygens (including phenoxy) is 1. The number of fused-ring (bicyclic) bond motifs is 1. The largest absolute Gasteiger partial charge is 0.399 e. The van der Waals surface area contributed by atoms with Crippen LogP contribution in [0.25, 0.3) is 10.8 Å². The number of sulfonamides is 1. The molecule has 0 bridgehead atoms. The van der Waals surface area contributed by atoms with Crippen LogP contribution in [0.3, 0.4) is 0 Å². The Hall–Kier alpha value is -2.74. The van der Waals surface area contributed by atoms with Gasteiger partial charge in [0.05, 0.1) is 23.1 Å². The standard InChI is InChI=1S/C23H24N2O4S/c1-15-21(22(14-26)25-30(27,28)18-11-9-17(24)10-12-18)13-23(29-15)20-8-4-6-16-5-2-3-7-19(16)20/h2-12,14-15,21-23,25H,13,24H2,1H3/t15-,21-,22?,23?/m0/s1. The number of carbonyl (C=O) groups is 1. The van der Waals surface area contributed by atoms with Crippen molar-refractivity contribution in [1.82, 2.24) is 4.72 Å². The first-order valence-corrected chi connectivity index (χ1v) is 11.3. The Kier molecular flexibility index (Phi) is 5.60. The number of aldehydes is 1. The van der Waals surface area contributed by atoms with Crippen LogP contribution in [0.15, 0.2) is 71.6 Å². The molecule has 4 rings (SSSR count). The molecule has 0 radical (unpaired) electrons. The van der Waals surface area contributed by atoms with E-state index in [1.54, 1.807) is 0 Å². The lowest BCUT2D eigenvalue weighted by Crippen LogP contribution is -2.43. The number of nitrogen functional groups attached to an aromatic ring is 1. The normalized spacial score (nSPS) is 22.8. The topological polar surface area (TPSA) is 98.5 Å². The summed E-state index contributed by atoms with van der Waals surface area (Å²) < 4.78 is 34.2. The van der Waals surface area contributed by atoms with Gasteiger partial charge in [0.2, 0.25) is 10.0 Å². The van der Waals surface area contributed by atoms with Crippen molar-refractivity contribution in [2.75, 3.05) is 5.73 Å². The number of rotatable bonds is 6. The molecular weight excluding hydrogens is 400 g/mol. The molecule has 3 aromatic carbocycles. The van der Waals surface area contributed by atoms with Gasteiger partial charge in [0, 0.05) is 11.6 Å². The van der Waals surface area contributed by atoms with Gasteiger partial charge in [-0.1, -0.05) is 42.5 Å². The van der Waals surface area contributed by atoms with E-state index in [-0.39, 0.29) is 23.0 Å². The molecule has 3 N–H and O–H groups in total. The molecule has 1 heterocycles. The van der Waals surface area contributed by atoms with Crippen LogP contribution in [-0.2, 0) is 19.6 Å². The van der Waals surface area contributed by atoms with Crippen LogP contribution in [0, 0.1) is 5.92 Å². The Bertz CT molecular complexity index is 1160. The number of carbonyl (C=O) groups excluding carboxylic acids is 1. The van der Waals surface area contributed by atoms with E-state index in [2.05, 4.69) is 4.72 Å². The maximum atomic E-state index is 12.8. The Balaban J connectivity index is 1.57. The van der Waals surface area contributed by atoms with Gasteiger partial charge in [-0.15, -0.1) is 0 Å². The zero-order valence-electron chi connectivity index (χ0n) is 16.6. The van der Waals surface area contributed by atoms with Crippen molar-refractivity contribution in [3.8, 4) is 0 Å². The second-order valence-electron chi connectivity index (χ2n) is 7.65. The monoisotopic (exact) mass is 424 g/mol. The fraction of sp³-hybridized carbons (Fsp3) is 0.261. The van der Waals surface area contributed by atoms with Gasteiger partial charge >= 0.3 is 0 Å². The maximum absolute atomic E-state index is 12.8. The lowest BCUT2D eigenvalue weighted by atomic mass is 9.90. The lowest BCUT2D eigenvalue weighted by molar-refractivity contribution is -0.110. The van der Waals surface area contributed by atoms with E-state index in [9.17, 15) is 13.2 Å². The third-order valence-corrected chi connectivity index (χ3v) is 7.20. The van der Waals surface area contributed by atoms with Gasteiger partial charge < -0.3 is 15.3 Å². The van der Waals surface area contributed by atoms with E-state index in [1.807, 2.05) is 49.4 Å².